The number of benzene rings is 1. The smallest absolute Gasteiger partial charge is 0.143 e. The van der Waals surface area contributed by atoms with Crippen LogP contribution in [0.15, 0.2) is 29.2 Å². The normalized spacial score (nSPS) is 18.3. The molecule has 1 saturated heterocycles. The first-order chi connectivity index (χ1) is 7.15. The van der Waals surface area contributed by atoms with E-state index in [4.69, 9.17) is 36.0 Å². The fourth-order valence-corrected chi connectivity index (χ4v) is 2.74. The van der Waals surface area contributed by atoms with Crippen LogP contribution in [0.4, 0.5) is 0 Å². The van der Waals surface area contributed by atoms with E-state index < -0.39 is 0 Å². The van der Waals surface area contributed by atoms with Crippen molar-refractivity contribution in [2.45, 2.75) is 0 Å². The molecule has 15 heavy (non-hydrogen) atoms. The Morgan fingerprint density at radius 3 is 2.40 bits per heavy atom. The molecule has 5 heteroatoms. The Morgan fingerprint density at radius 2 is 1.87 bits per heavy atom. The molecule has 1 aromatic carbocycles. The molecule has 0 amide bonds. The number of thiocarbonyl (C=S) groups is 2. The van der Waals surface area contributed by atoms with Gasteiger partial charge in [0.2, 0.25) is 0 Å². The van der Waals surface area contributed by atoms with Gasteiger partial charge in [-0.15, -0.1) is 0 Å². The molecule has 0 radical (unpaired) electrons. The zero-order valence-corrected chi connectivity index (χ0v) is 10.7. The Hall–Kier alpha value is -0.420. The van der Waals surface area contributed by atoms with Gasteiger partial charge in [0.15, 0.2) is 0 Å². The molecule has 0 spiro atoms. The maximum Gasteiger partial charge on any atom is 0.143 e. The lowest BCUT2D eigenvalue weighted by Gasteiger charge is -1.96. The molecule has 1 fully saturated rings. The van der Waals surface area contributed by atoms with Gasteiger partial charge in [0.05, 0.1) is 0 Å². The quantitative estimate of drug-likeness (QED) is 0.618. The minimum absolute atomic E-state index is 0.694. The van der Waals surface area contributed by atoms with E-state index in [1.807, 2.05) is 30.3 Å². The third kappa shape index (κ3) is 2.78. The molecular weight excluding hydrogens is 266 g/mol. The van der Waals surface area contributed by atoms with Crippen molar-refractivity contribution in [2.75, 3.05) is 0 Å². The highest BCUT2D eigenvalue weighted by Crippen LogP contribution is 2.27. The van der Waals surface area contributed by atoms with Gasteiger partial charge < -0.3 is 5.32 Å². The molecule has 1 aromatic rings. The van der Waals surface area contributed by atoms with E-state index in [0.717, 1.165) is 15.5 Å². The second-order valence-corrected chi connectivity index (χ2v) is 5.47. The summed E-state index contributed by atoms with van der Waals surface area (Å²) in [4.78, 5) is 1.68. The predicted octanol–water partition coefficient (Wildman–Crippen LogP) is 3.63. The Morgan fingerprint density at radius 1 is 1.20 bits per heavy atom. The summed E-state index contributed by atoms with van der Waals surface area (Å²) in [6.07, 6.45) is 2.00. The number of hydrogen-bond donors (Lipinski definition) is 1. The van der Waals surface area contributed by atoms with E-state index >= 15 is 0 Å². The van der Waals surface area contributed by atoms with Crippen LogP contribution in [0.1, 0.15) is 5.56 Å². The van der Waals surface area contributed by atoms with E-state index in [1.54, 1.807) is 0 Å². The fraction of sp³-hybridized carbons (Fsp3) is 0. The Balaban J connectivity index is 2.27. The molecule has 2 rings (SSSR count). The predicted molar refractivity (Wildman–Crippen MR) is 75.4 cm³/mol. The third-order valence-electron chi connectivity index (χ3n) is 1.81. The maximum atomic E-state index is 5.80. The lowest BCUT2D eigenvalue weighted by molar-refractivity contribution is 1.52. The molecule has 1 nitrogen and oxygen atoms in total. The van der Waals surface area contributed by atoms with Crippen molar-refractivity contribution in [3.63, 3.8) is 0 Å². The fourth-order valence-electron chi connectivity index (χ4n) is 1.13. The van der Waals surface area contributed by atoms with E-state index in [9.17, 15) is 0 Å². The summed E-state index contributed by atoms with van der Waals surface area (Å²) in [5, 5.41) is 3.66. The molecular formula is C10H6ClNS3. The molecule has 1 aliphatic heterocycles. The number of rotatable bonds is 1. The Labute approximate surface area is 108 Å². The van der Waals surface area contributed by atoms with Crippen LogP contribution in [0.25, 0.3) is 6.08 Å². The van der Waals surface area contributed by atoms with E-state index in [-0.39, 0.29) is 0 Å². The summed E-state index contributed by atoms with van der Waals surface area (Å²) >= 11 is 17.4. The second-order valence-electron chi connectivity index (χ2n) is 2.90. The zero-order valence-electron chi connectivity index (χ0n) is 7.49. The van der Waals surface area contributed by atoms with Gasteiger partial charge in [0.25, 0.3) is 0 Å². The molecule has 0 atom stereocenters. The van der Waals surface area contributed by atoms with Crippen LogP contribution in [0.5, 0.6) is 0 Å². The van der Waals surface area contributed by atoms with Crippen LogP contribution in [0, 0.1) is 0 Å². The van der Waals surface area contributed by atoms with E-state index in [0.29, 0.717) is 9.31 Å². The summed E-state index contributed by atoms with van der Waals surface area (Å²) in [7, 11) is 0. The van der Waals surface area contributed by atoms with Gasteiger partial charge in [-0.3, -0.25) is 0 Å². The van der Waals surface area contributed by atoms with Gasteiger partial charge in [0.1, 0.15) is 9.31 Å². The molecule has 1 heterocycles. The zero-order chi connectivity index (χ0) is 10.8. The lowest BCUT2D eigenvalue weighted by atomic mass is 10.2. The summed E-state index contributed by atoms with van der Waals surface area (Å²) in [5.74, 6) is 0. The molecule has 0 unspecified atom stereocenters. The number of halogens is 1. The topological polar surface area (TPSA) is 12.0 Å². The average molecular weight is 272 g/mol. The van der Waals surface area contributed by atoms with Gasteiger partial charge in [-0.05, 0) is 23.8 Å². The van der Waals surface area contributed by atoms with Crippen molar-refractivity contribution >= 4 is 63.2 Å². The van der Waals surface area contributed by atoms with Gasteiger partial charge in [-0.2, -0.15) is 0 Å². The molecule has 0 aromatic heterocycles. The van der Waals surface area contributed by atoms with Crippen LogP contribution in [-0.2, 0) is 0 Å². The summed E-state index contributed by atoms with van der Waals surface area (Å²) in [6.45, 7) is 0. The summed E-state index contributed by atoms with van der Waals surface area (Å²) in [6, 6.07) is 7.59. The van der Waals surface area contributed by atoms with Gasteiger partial charge in [-0.25, -0.2) is 0 Å². The van der Waals surface area contributed by atoms with Crippen molar-refractivity contribution in [2.24, 2.45) is 0 Å². The molecule has 0 bridgehead atoms. The summed E-state index contributed by atoms with van der Waals surface area (Å²) in [5.41, 5.74) is 1.07. The first-order valence-electron chi connectivity index (χ1n) is 4.15. The Bertz CT molecular complexity index is 450. The number of nitrogens with one attached hydrogen (secondary N) is 1. The van der Waals surface area contributed by atoms with Crippen molar-refractivity contribution in [3.05, 3.63) is 39.8 Å². The van der Waals surface area contributed by atoms with Crippen molar-refractivity contribution in [3.8, 4) is 0 Å². The molecule has 76 valence electrons. The molecule has 1 aliphatic rings. The van der Waals surface area contributed by atoms with Gasteiger partial charge >= 0.3 is 0 Å². The minimum Gasteiger partial charge on any atom is -0.331 e. The van der Waals surface area contributed by atoms with E-state index in [2.05, 4.69) is 5.32 Å². The highest BCUT2D eigenvalue weighted by Gasteiger charge is 2.17. The number of thioether (sulfide) groups is 1. The average Bonchev–Trinajstić information content (AvgIpc) is 2.49. The molecule has 1 N–H and O–H groups in total. The standard InChI is InChI=1S/C10H6ClNS3/c11-7-3-1-6(2-4-7)5-8-9(13)12-10(14)15-8/h1-5H,(H,12,13,14)/b8-5-. The summed E-state index contributed by atoms with van der Waals surface area (Å²) < 4.78 is 0.709. The van der Waals surface area contributed by atoms with Crippen LogP contribution in [-0.4, -0.2) is 9.31 Å². The third-order valence-corrected chi connectivity index (χ3v) is 3.69. The highest BCUT2D eigenvalue weighted by atomic mass is 35.5. The van der Waals surface area contributed by atoms with Crippen LogP contribution in [0.2, 0.25) is 5.02 Å². The van der Waals surface area contributed by atoms with Crippen molar-refractivity contribution in [1.82, 2.24) is 5.32 Å². The van der Waals surface area contributed by atoms with Crippen molar-refractivity contribution in [1.29, 1.82) is 0 Å². The largest absolute Gasteiger partial charge is 0.331 e. The maximum absolute atomic E-state index is 5.80. The number of hydrogen-bond acceptors (Lipinski definition) is 3. The first kappa shape index (κ1) is 11.1. The Kier molecular flexibility index (Phi) is 3.41. The monoisotopic (exact) mass is 271 g/mol. The van der Waals surface area contributed by atoms with Gasteiger partial charge in [0, 0.05) is 9.93 Å². The lowest BCUT2D eigenvalue weighted by Crippen LogP contribution is -2.15. The van der Waals surface area contributed by atoms with Gasteiger partial charge in [-0.1, -0.05) is 59.9 Å². The molecule has 0 saturated carbocycles. The first-order valence-corrected chi connectivity index (χ1v) is 6.17. The minimum atomic E-state index is 0.694. The van der Waals surface area contributed by atoms with Crippen molar-refractivity contribution < 1.29 is 0 Å². The van der Waals surface area contributed by atoms with E-state index in [1.165, 1.54) is 11.8 Å². The van der Waals surface area contributed by atoms with Crippen LogP contribution < -0.4 is 5.32 Å². The molecule has 0 aliphatic carbocycles. The highest BCUT2D eigenvalue weighted by molar-refractivity contribution is 8.27. The van der Waals surface area contributed by atoms with Crippen LogP contribution >= 0.6 is 47.8 Å². The van der Waals surface area contributed by atoms with Crippen LogP contribution in [0.3, 0.4) is 0 Å². The second kappa shape index (κ2) is 4.61. The SMILES string of the molecule is S=C1NC(=S)/C(=C/c2ccc(Cl)cc2)S1.